The van der Waals surface area contributed by atoms with Gasteiger partial charge in [0.25, 0.3) is 0 Å². The molecule has 0 spiro atoms. The first-order valence-electron chi connectivity index (χ1n) is 8.36. The van der Waals surface area contributed by atoms with E-state index >= 15 is 0 Å². The number of thioether (sulfide) groups is 1. The highest BCUT2D eigenvalue weighted by Crippen LogP contribution is 2.21. The number of likely N-dealkylation sites (tertiary alicyclic amines) is 2. The Hall–Kier alpha value is -0.290. The van der Waals surface area contributed by atoms with Gasteiger partial charge in [-0.2, -0.15) is 0 Å². The normalized spacial score (nSPS) is 21.2. The lowest BCUT2D eigenvalue weighted by Crippen LogP contribution is -2.36. The summed E-state index contributed by atoms with van der Waals surface area (Å²) in [6.45, 7) is 6.41. The molecule has 120 valence electrons. The third kappa shape index (κ3) is 5.78. The van der Waals surface area contributed by atoms with Crippen LogP contribution in [0.1, 0.15) is 51.9 Å². The van der Waals surface area contributed by atoms with Crippen LogP contribution in [-0.2, 0) is 4.79 Å². The molecule has 0 radical (unpaired) electrons. The summed E-state index contributed by atoms with van der Waals surface area (Å²) in [7, 11) is 0. The number of rotatable bonds is 3. The van der Waals surface area contributed by atoms with Crippen LogP contribution in [0.4, 0.5) is 0 Å². The first-order valence-corrected chi connectivity index (χ1v) is 9.75. The Balaban J connectivity index is 1.64. The Morgan fingerprint density at radius 3 is 2.29 bits per heavy atom. The van der Waals surface area contributed by atoms with Gasteiger partial charge in [0.15, 0.2) is 0 Å². The van der Waals surface area contributed by atoms with Gasteiger partial charge in [-0.25, -0.2) is 0 Å². The van der Waals surface area contributed by atoms with Gasteiger partial charge in [0.1, 0.15) is 4.32 Å². The first kappa shape index (κ1) is 17.1. The maximum atomic E-state index is 12.2. The van der Waals surface area contributed by atoms with Crippen molar-refractivity contribution in [2.75, 3.05) is 31.9 Å². The number of hydrogen-bond donors (Lipinski definition) is 0. The highest BCUT2D eigenvalue weighted by Gasteiger charge is 2.19. The summed E-state index contributed by atoms with van der Waals surface area (Å²) in [6.07, 6.45) is 8.01. The van der Waals surface area contributed by atoms with Gasteiger partial charge in [0, 0.05) is 38.4 Å². The molecule has 21 heavy (non-hydrogen) atoms. The summed E-state index contributed by atoms with van der Waals surface area (Å²) >= 11 is 7.20. The van der Waals surface area contributed by atoms with Crippen LogP contribution in [0.2, 0.25) is 0 Å². The second-order valence-electron chi connectivity index (χ2n) is 6.33. The standard InChI is InChI=1S/C16H28N2OS2/c1-14-6-11-18(12-7-14)16(20)21-13-8-15(19)17-9-4-2-3-5-10-17/h14H,2-13H2,1H3. The topological polar surface area (TPSA) is 23.6 Å². The summed E-state index contributed by atoms with van der Waals surface area (Å²) < 4.78 is 0.991. The first-order chi connectivity index (χ1) is 10.2. The van der Waals surface area contributed by atoms with Crippen molar-refractivity contribution in [1.82, 2.24) is 9.80 Å². The number of carbonyl (C=O) groups excluding carboxylic acids is 1. The van der Waals surface area contributed by atoms with Crippen molar-refractivity contribution in [1.29, 1.82) is 0 Å². The van der Waals surface area contributed by atoms with Gasteiger partial charge in [-0.15, -0.1) is 0 Å². The van der Waals surface area contributed by atoms with Crippen molar-refractivity contribution >= 4 is 34.2 Å². The molecule has 2 saturated heterocycles. The van der Waals surface area contributed by atoms with E-state index in [-0.39, 0.29) is 0 Å². The summed E-state index contributed by atoms with van der Waals surface area (Å²) in [6, 6.07) is 0. The van der Waals surface area contributed by atoms with E-state index in [1.165, 1.54) is 38.5 Å². The van der Waals surface area contributed by atoms with E-state index in [1.807, 2.05) is 0 Å². The maximum absolute atomic E-state index is 12.2. The molecule has 0 atom stereocenters. The van der Waals surface area contributed by atoms with Crippen LogP contribution >= 0.6 is 24.0 Å². The van der Waals surface area contributed by atoms with Crippen LogP contribution in [0.15, 0.2) is 0 Å². The molecular weight excluding hydrogens is 300 g/mol. The van der Waals surface area contributed by atoms with E-state index in [1.54, 1.807) is 11.8 Å². The van der Waals surface area contributed by atoms with E-state index in [0.717, 1.165) is 42.2 Å². The van der Waals surface area contributed by atoms with Gasteiger partial charge in [0.2, 0.25) is 5.91 Å². The minimum absolute atomic E-state index is 0.319. The minimum Gasteiger partial charge on any atom is -0.358 e. The Bertz CT molecular complexity index is 346. The molecule has 3 nitrogen and oxygen atoms in total. The molecular formula is C16H28N2OS2. The molecule has 0 N–H and O–H groups in total. The van der Waals surface area contributed by atoms with Gasteiger partial charge in [-0.1, -0.05) is 43.7 Å². The highest BCUT2D eigenvalue weighted by atomic mass is 32.2. The van der Waals surface area contributed by atoms with Gasteiger partial charge in [-0.3, -0.25) is 4.79 Å². The van der Waals surface area contributed by atoms with E-state index in [4.69, 9.17) is 12.2 Å². The van der Waals surface area contributed by atoms with Crippen LogP contribution in [0.5, 0.6) is 0 Å². The van der Waals surface area contributed by atoms with Gasteiger partial charge in [0.05, 0.1) is 0 Å². The molecule has 0 saturated carbocycles. The average Bonchev–Trinajstić information content (AvgIpc) is 2.77. The third-order valence-electron chi connectivity index (χ3n) is 4.54. The average molecular weight is 329 g/mol. The van der Waals surface area contributed by atoms with Crippen molar-refractivity contribution < 1.29 is 4.79 Å². The molecule has 2 heterocycles. The lowest BCUT2D eigenvalue weighted by Gasteiger charge is -2.31. The number of piperidine rings is 1. The Morgan fingerprint density at radius 1 is 1.05 bits per heavy atom. The lowest BCUT2D eigenvalue weighted by molar-refractivity contribution is -0.130. The third-order valence-corrected chi connectivity index (χ3v) is 6.07. The van der Waals surface area contributed by atoms with Crippen LogP contribution in [0.25, 0.3) is 0 Å². The second-order valence-corrected chi connectivity index (χ2v) is 8.06. The van der Waals surface area contributed by atoms with Crippen molar-refractivity contribution in [2.24, 2.45) is 5.92 Å². The minimum atomic E-state index is 0.319. The Kier molecular flexibility index (Phi) is 7.30. The monoisotopic (exact) mass is 328 g/mol. The largest absolute Gasteiger partial charge is 0.358 e. The number of nitrogens with zero attached hydrogens (tertiary/aromatic N) is 2. The zero-order valence-corrected chi connectivity index (χ0v) is 14.8. The molecule has 0 bridgehead atoms. The Labute approximate surface area is 138 Å². The number of carbonyl (C=O) groups is 1. The zero-order chi connectivity index (χ0) is 15.1. The summed E-state index contributed by atoms with van der Waals surface area (Å²) in [5, 5.41) is 0. The molecule has 2 fully saturated rings. The number of hydrogen-bond acceptors (Lipinski definition) is 3. The quantitative estimate of drug-likeness (QED) is 0.740. The van der Waals surface area contributed by atoms with Crippen LogP contribution in [0, 0.1) is 5.92 Å². The van der Waals surface area contributed by atoms with Crippen molar-refractivity contribution in [3.05, 3.63) is 0 Å². The summed E-state index contributed by atoms with van der Waals surface area (Å²) in [4.78, 5) is 16.6. The van der Waals surface area contributed by atoms with Gasteiger partial charge < -0.3 is 9.80 Å². The fourth-order valence-electron chi connectivity index (χ4n) is 2.99. The molecule has 2 aliphatic heterocycles. The molecule has 5 heteroatoms. The highest BCUT2D eigenvalue weighted by molar-refractivity contribution is 8.22. The van der Waals surface area contributed by atoms with E-state index in [9.17, 15) is 4.79 Å². The molecule has 0 unspecified atom stereocenters. The van der Waals surface area contributed by atoms with Crippen LogP contribution in [0.3, 0.4) is 0 Å². The molecule has 0 aliphatic carbocycles. The predicted molar refractivity (Wildman–Crippen MR) is 94.7 cm³/mol. The van der Waals surface area contributed by atoms with Gasteiger partial charge in [-0.05, 0) is 31.6 Å². The fourth-order valence-corrected chi connectivity index (χ4v) is 4.24. The van der Waals surface area contributed by atoms with Crippen LogP contribution < -0.4 is 0 Å². The van der Waals surface area contributed by atoms with Crippen LogP contribution in [-0.4, -0.2) is 52.0 Å². The molecule has 2 aliphatic rings. The number of thiocarbonyl (C=S) groups is 1. The van der Waals surface area contributed by atoms with E-state index < -0.39 is 0 Å². The smallest absolute Gasteiger partial charge is 0.223 e. The fraction of sp³-hybridized carbons (Fsp3) is 0.875. The SMILES string of the molecule is CC1CCN(C(=S)SCCC(=O)N2CCCCCC2)CC1. The number of amides is 1. The maximum Gasteiger partial charge on any atom is 0.223 e. The van der Waals surface area contributed by atoms with E-state index in [2.05, 4.69) is 16.7 Å². The summed E-state index contributed by atoms with van der Waals surface area (Å²) in [5.41, 5.74) is 0. The van der Waals surface area contributed by atoms with Crippen molar-refractivity contribution in [3.63, 3.8) is 0 Å². The van der Waals surface area contributed by atoms with Crippen molar-refractivity contribution in [3.8, 4) is 0 Å². The van der Waals surface area contributed by atoms with E-state index in [0.29, 0.717) is 12.3 Å². The molecule has 0 aromatic carbocycles. The zero-order valence-electron chi connectivity index (χ0n) is 13.2. The van der Waals surface area contributed by atoms with Crippen molar-refractivity contribution in [2.45, 2.75) is 51.9 Å². The Morgan fingerprint density at radius 2 is 1.67 bits per heavy atom. The second kappa shape index (κ2) is 8.99. The summed E-state index contributed by atoms with van der Waals surface area (Å²) in [5.74, 6) is 1.98. The molecule has 2 rings (SSSR count). The molecule has 1 amide bonds. The van der Waals surface area contributed by atoms with Gasteiger partial charge >= 0.3 is 0 Å². The molecule has 0 aromatic rings. The predicted octanol–water partition coefficient (Wildman–Crippen LogP) is 3.53. The lowest BCUT2D eigenvalue weighted by atomic mass is 10.00. The molecule has 0 aromatic heterocycles.